The van der Waals surface area contributed by atoms with E-state index in [1.807, 2.05) is 54.0 Å². The number of benzene rings is 2. The number of nitrogens with zero attached hydrogens (tertiary/aromatic N) is 4. The number of fused-ring (bicyclic) bond motifs is 3. The minimum Gasteiger partial charge on any atom is -0.497 e. The molecular formula is C25H24N6O2S. The van der Waals surface area contributed by atoms with Gasteiger partial charge in [0.15, 0.2) is 12.0 Å². The van der Waals surface area contributed by atoms with Crippen LogP contribution >= 0.6 is 11.3 Å². The Morgan fingerprint density at radius 1 is 1.06 bits per heavy atom. The Balaban J connectivity index is 1.59. The van der Waals surface area contributed by atoms with Crippen molar-refractivity contribution in [2.24, 2.45) is 4.99 Å². The maximum absolute atomic E-state index is 13.0. The fourth-order valence-electron chi connectivity index (χ4n) is 4.01. The molecule has 2 N–H and O–H groups in total. The molecule has 0 saturated heterocycles. The number of hydrogen-bond donors (Lipinski definition) is 2. The van der Waals surface area contributed by atoms with Crippen LogP contribution in [-0.2, 0) is 0 Å². The van der Waals surface area contributed by atoms with E-state index in [-0.39, 0.29) is 0 Å². The smallest absolute Gasteiger partial charge is 0.321 e. The van der Waals surface area contributed by atoms with Gasteiger partial charge in [-0.1, -0.05) is 36.4 Å². The first kappa shape index (κ1) is 21.8. The average molecular weight is 473 g/mol. The van der Waals surface area contributed by atoms with Crippen LogP contribution in [0.1, 0.15) is 39.4 Å². The second-order valence-corrected chi connectivity index (χ2v) is 9.18. The summed E-state index contributed by atoms with van der Waals surface area (Å²) < 4.78 is 7.24. The van der Waals surface area contributed by atoms with Crippen LogP contribution in [0.2, 0.25) is 0 Å². The molecule has 0 spiro atoms. The van der Waals surface area contributed by atoms with Crippen LogP contribution in [-0.4, -0.2) is 33.6 Å². The molecule has 2 amide bonds. The van der Waals surface area contributed by atoms with Crippen molar-refractivity contribution in [1.29, 1.82) is 0 Å². The number of amides is 2. The number of rotatable bonds is 4. The second-order valence-electron chi connectivity index (χ2n) is 7.98. The molecule has 5 rings (SSSR count). The number of aliphatic imine (C=N–C) groups is 1. The Hall–Kier alpha value is -3.98. The molecule has 172 valence electrons. The van der Waals surface area contributed by atoms with Crippen molar-refractivity contribution in [3.05, 3.63) is 87.8 Å². The number of hydrogen-bond acceptors (Lipinski definition) is 6. The number of ether oxygens (including phenoxy) is 1. The predicted octanol–water partition coefficient (Wildman–Crippen LogP) is 4.93. The van der Waals surface area contributed by atoms with Crippen molar-refractivity contribution in [3.63, 3.8) is 0 Å². The third-order valence-corrected chi connectivity index (χ3v) is 6.99. The molecule has 1 aliphatic rings. The molecule has 2 aromatic carbocycles. The van der Waals surface area contributed by atoms with Crippen molar-refractivity contribution in [1.82, 2.24) is 20.1 Å². The monoisotopic (exact) mass is 472 g/mol. The van der Waals surface area contributed by atoms with Crippen molar-refractivity contribution in [2.45, 2.75) is 26.9 Å². The highest BCUT2D eigenvalue weighted by Gasteiger charge is 2.32. The van der Waals surface area contributed by atoms with Gasteiger partial charge in [0.2, 0.25) is 0 Å². The third-order valence-electron chi connectivity index (χ3n) is 5.80. The highest BCUT2D eigenvalue weighted by molar-refractivity contribution is 7.15. The van der Waals surface area contributed by atoms with Gasteiger partial charge >= 0.3 is 6.03 Å². The summed E-state index contributed by atoms with van der Waals surface area (Å²) in [5.41, 5.74) is 4.59. The lowest BCUT2D eigenvalue weighted by atomic mass is 10.00. The SMILES string of the molecule is COc1cccc(NC(=O)NC2N=C(c3ccccc3)c3c(sc(C)c3C)-n3c(C)nnc32)c1. The zero-order valence-electron chi connectivity index (χ0n) is 19.3. The molecule has 2 aromatic heterocycles. The first-order valence-corrected chi connectivity index (χ1v) is 11.7. The number of urea groups is 1. The number of aryl methyl sites for hydroxylation is 2. The summed E-state index contributed by atoms with van der Waals surface area (Å²) in [5.74, 6) is 1.95. The van der Waals surface area contributed by atoms with Crippen molar-refractivity contribution >= 4 is 28.8 Å². The van der Waals surface area contributed by atoms with E-state index in [9.17, 15) is 4.79 Å². The lowest BCUT2D eigenvalue weighted by molar-refractivity contribution is 0.248. The van der Waals surface area contributed by atoms with Gasteiger partial charge in [0.1, 0.15) is 16.6 Å². The Bertz CT molecular complexity index is 1410. The standard InChI is InChI=1S/C25H24N6O2S/c1-14-15(2)34-24-20(14)21(17-9-6-5-7-10-17)27-22(23-30-29-16(3)31(23)24)28-25(32)26-18-11-8-12-19(13-18)33-4/h5-13,22H,1-4H3,(H2,26,28,32). The van der Waals surface area contributed by atoms with E-state index in [0.29, 0.717) is 17.3 Å². The highest BCUT2D eigenvalue weighted by atomic mass is 32.1. The van der Waals surface area contributed by atoms with Gasteiger partial charge in [-0.25, -0.2) is 4.79 Å². The van der Waals surface area contributed by atoms with E-state index in [0.717, 1.165) is 33.2 Å². The number of anilines is 1. The van der Waals surface area contributed by atoms with Gasteiger partial charge in [-0.3, -0.25) is 9.56 Å². The molecule has 4 aromatic rings. The fourth-order valence-corrected chi connectivity index (χ4v) is 5.22. The average Bonchev–Trinajstić information content (AvgIpc) is 3.31. The quantitative estimate of drug-likeness (QED) is 0.440. The molecule has 34 heavy (non-hydrogen) atoms. The molecule has 1 aliphatic heterocycles. The van der Waals surface area contributed by atoms with Gasteiger partial charge in [0.25, 0.3) is 0 Å². The van der Waals surface area contributed by atoms with Gasteiger partial charge in [0.05, 0.1) is 12.8 Å². The Morgan fingerprint density at radius 3 is 2.62 bits per heavy atom. The number of thiophene rings is 1. The lowest BCUT2D eigenvalue weighted by Crippen LogP contribution is -2.33. The zero-order valence-corrected chi connectivity index (χ0v) is 20.1. The summed E-state index contributed by atoms with van der Waals surface area (Å²) in [6.07, 6.45) is -0.735. The van der Waals surface area contributed by atoms with E-state index in [2.05, 4.69) is 34.7 Å². The summed E-state index contributed by atoms with van der Waals surface area (Å²) in [6, 6.07) is 16.8. The van der Waals surface area contributed by atoms with Crippen LogP contribution in [0.5, 0.6) is 5.75 Å². The highest BCUT2D eigenvalue weighted by Crippen LogP contribution is 2.38. The maximum atomic E-state index is 13.0. The molecule has 3 heterocycles. The van der Waals surface area contributed by atoms with Crippen molar-refractivity contribution < 1.29 is 9.53 Å². The number of aromatic nitrogens is 3. The molecule has 0 fully saturated rings. The Kier molecular flexibility index (Phi) is 5.62. The molecule has 8 nitrogen and oxygen atoms in total. The summed E-state index contributed by atoms with van der Waals surface area (Å²) in [4.78, 5) is 19.2. The largest absolute Gasteiger partial charge is 0.497 e. The first-order valence-electron chi connectivity index (χ1n) is 10.8. The maximum Gasteiger partial charge on any atom is 0.321 e. The van der Waals surface area contributed by atoms with Crippen LogP contribution < -0.4 is 15.4 Å². The van der Waals surface area contributed by atoms with Crippen LogP contribution in [0.3, 0.4) is 0 Å². The lowest BCUT2D eigenvalue weighted by Gasteiger charge is -2.15. The molecule has 1 atom stereocenters. The molecule has 0 radical (unpaired) electrons. The van der Waals surface area contributed by atoms with Gasteiger partial charge in [-0.15, -0.1) is 21.5 Å². The summed E-state index contributed by atoms with van der Waals surface area (Å²) in [7, 11) is 1.59. The van der Waals surface area contributed by atoms with Crippen LogP contribution in [0, 0.1) is 20.8 Å². The van der Waals surface area contributed by atoms with Gasteiger partial charge in [0, 0.05) is 27.8 Å². The number of carbonyl (C=O) groups is 1. The van der Waals surface area contributed by atoms with E-state index in [1.54, 1.807) is 30.6 Å². The molecule has 0 saturated carbocycles. The fraction of sp³-hybridized carbons (Fsp3) is 0.200. The third kappa shape index (κ3) is 3.84. The Labute approximate surface area is 201 Å². The normalized spacial score (nSPS) is 14.5. The number of nitrogens with one attached hydrogen (secondary N) is 2. The zero-order chi connectivity index (χ0) is 23.8. The topological polar surface area (TPSA) is 93.4 Å². The van der Waals surface area contributed by atoms with Crippen LogP contribution in [0.25, 0.3) is 5.00 Å². The molecule has 1 unspecified atom stereocenters. The summed E-state index contributed by atoms with van der Waals surface area (Å²) in [5, 5.41) is 15.5. The van der Waals surface area contributed by atoms with E-state index in [1.165, 1.54) is 4.88 Å². The van der Waals surface area contributed by atoms with Crippen LogP contribution in [0.4, 0.5) is 10.5 Å². The van der Waals surface area contributed by atoms with Gasteiger partial charge < -0.3 is 15.4 Å². The number of methoxy groups -OCH3 is 1. The molecule has 9 heteroatoms. The first-order chi connectivity index (χ1) is 16.5. The molecule has 0 bridgehead atoms. The van der Waals surface area contributed by atoms with Gasteiger partial charge in [-0.05, 0) is 38.5 Å². The predicted molar refractivity (Wildman–Crippen MR) is 133 cm³/mol. The minimum atomic E-state index is -0.735. The van der Waals surface area contributed by atoms with Crippen molar-refractivity contribution in [3.8, 4) is 10.8 Å². The number of carbonyl (C=O) groups excluding carboxylic acids is 1. The van der Waals surface area contributed by atoms with Gasteiger partial charge in [-0.2, -0.15) is 0 Å². The van der Waals surface area contributed by atoms with E-state index >= 15 is 0 Å². The van der Waals surface area contributed by atoms with E-state index < -0.39 is 12.2 Å². The minimum absolute atomic E-state index is 0.403. The summed E-state index contributed by atoms with van der Waals surface area (Å²) >= 11 is 1.68. The Morgan fingerprint density at radius 2 is 1.85 bits per heavy atom. The second kappa shape index (κ2) is 8.75. The molecular weight excluding hydrogens is 448 g/mol. The van der Waals surface area contributed by atoms with Crippen LogP contribution in [0.15, 0.2) is 59.6 Å². The molecule has 0 aliphatic carbocycles. The van der Waals surface area contributed by atoms with Crippen molar-refractivity contribution in [2.75, 3.05) is 12.4 Å². The van der Waals surface area contributed by atoms with E-state index in [4.69, 9.17) is 9.73 Å². The summed E-state index contributed by atoms with van der Waals surface area (Å²) in [6.45, 7) is 6.12.